The van der Waals surface area contributed by atoms with Gasteiger partial charge in [-0.15, -0.1) is 0 Å². The van der Waals surface area contributed by atoms with Crippen molar-refractivity contribution in [1.29, 1.82) is 0 Å². The van der Waals surface area contributed by atoms with Crippen LogP contribution in [0.25, 0.3) is 0 Å². The minimum Gasteiger partial charge on any atom is -0.392 e. The molecular weight excluding hydrogens is 304 g/mol. The Bertz CT molecular complexity index is 531. The van der Waals surface area contributed by atoms with Gasteiger partial charge in [0.25, 0.3) is 0 Å². The molecule has 0 aliphatic carbocycles. The first-order valence-electron chi connectivity index (χ1n) is 8.97. The normalized spacial score (nSPS) is 25.8. The Hall–Kier alpha value is -1.66. The van der Waals surface area contributed by atoms with Gasteiger partial charge in [0.2, 0.25) is 5.91 Å². The summed E-state index contributed by atoms with van der Waals surface area (Å²) in [6.45, 7) is 7.72. The zero-order valence-electron chi connectivity index (χ0n) is 14.5. The summed E-state index contributed by atoms with van der Waals surface area (Å²) in [5, 5.41) is 9.95. The zero-order valence-corrected chi connectivity index (χ0v) is 14.5. The van der Waals surface area contributed by atoms with Gasteiger partial charge in [-0.05, 0) is 31.0 Å². The van der Waals surface area contributed by atoms with Gasteiger partial charge in [0.1, 0.15) is 5.82 Å². The summed E-state index contributed by atoms with van der Waals surface area (Å²) in [4.78, 5) is 23.2. The number of aliphatic hydroxyl groups is 1. The first-order valence-corrected chi connectivity index (χ1v) is 8.97. The van der Waals surface area contributed by atoms with Crippen LogP contribution in [-0.2, 0) is 4.79 Å². The molecule has 0 radical (unpaired) electrons. The highest BCUT2D eigenvalue weighted by molar-refractivity contribution is 5.76. The third-order valence-electron chi connectivity index (χ3n) is 5.25. The zero-order chi connectivity index (χ0) is 16.9. The Morgan fingerprint density at radius 1 is 1.25 bits per heavy atom. The molecule has 0 aromatic carbocycles. The molecule has 2 saturated heterocycles. The van der Waals surface area contributed by atoms with Crippen molar-refractivity contribution in [3.05, 3.63) is 24.4 Å². The van der Waals surface area contributed by atoms with Gasteiger partial charge in [-0.1, -0.05) is 13.0 Å². The fourth-order valence-corrected chi connectivity index (χ4v) is 3.46. The molecule has 6 heteroatoms. The second kappa shape index (κ2) is 7.94. The van der Waals surface area contributed by atoms with E-state index in [1.165, 1.54) is 0 Å². The monoisotopic (exact) mass is 332 g/mol. The molecule has 0 saturated carbocycles. The number of hydrogen-bond acceptors (Lipinski definition) is 5. The molecule has 3 rings (SSSR count). The van der Waals surface area contributed by atoms with E-state index in [0.717, 1.165) is 51.5 Å². The summed E-state index contributed by atoms with van der Waals surface area (Å²) in [6, 6.07) is 5.93. The Morgan fingerprint density at radius 3 is 2.71 bits per heavy atom. The van der Waals surface area contributed by atoms with Crippen LogP contribution in [0.1, 0.15) is 19.8 Å². The molecule has 1 amide bonds. The molecule has 1 aromatic heterocycles. The quantitative estimate of drug-likeness (QED) is 0.885. The molecule has 2 fully saturated rings. The number of aromatic nitrogens is 1. The summed E-state index contributed by atoms with van der Waals surface area (Å²) in [5.41, 5.74) is 0. The molecule has 24 heavy (non-hydrogen) atoms. The van der Waals surface area contributed by atoms with Crippen LogP contribution in [0.3, 0.4) is 0 Å². The van der Waals surface area contributed by atoms with Gasteiger partial charge < -0.3 is 19.8 Å². The lowest BCUT2D eigenvalue weighted by atomic mass is 9.96. The van der Waals surface area contributed by atoms with Crippen molar-refractivity contribution in [2.24, 2.45) is 5.92 Å². The van der Waals surface area contributed by atoms with Crippen molar-refractivity contribution in [2.75, 3.05) is 50.7 Å². The summed E-state index contributed by atoms with van der Waals surface area (Å²) in [5.74, 6) is 1.58. The predicted molar refractivity (Wildman–Crippen MR) is 93.9 cm³/mol. The van der Waals surface area contributed by atoms with Gasteiger partial charge in [0, 0.05) is 51.9 Å². The second-order valence-corrected chi connectivity index (χ2v) is 6.94. The van der Waals surface area contributed by atoms with Crippen LogP contribution in [0.4, 0.5) is 5.82 Å². The Morgan fingerprint density at radius 2 is 2.04 bits per heavy atom. The van der Waals surface area contributed by atoms with Crippen molar-refractivity contribution in [1.82, 2.24) is 14.8 Å². The van der Waals surface area contributed by atoms with E-state index < -0.39 is 0 Å². The highest BCUT2D eigenvalue weighted by Gasteiger charge is 2.26. The van der Waals surface area contributed by atoms with Gasteiger partial charge in [-0.3, -0.25) is 4.79 Å². The van der Waals surface area contributed by atoms with Crippen molar-refractivity contribution in [2.45, 2.75) is 25.9 Å². The van der Waals surface area contributed by atoms with E-state index in [1.807, 2.05) is 23.1 Å². The minimum atomic E-state index is -0.254. The van der Waals surface area contributed by atoms with Gasteiger partial charge >= 0.3 is 0 Å². The van der Waals surface area contributed by atoms with Crippen molar-refractivity contribution in [3.63, 3.8) is 0 Å². The topological polar surface area (TPSA) is 59.9 Å². The number of carbonyl (C=O) groups is 1. The maximum Gasteiger partial charge on any atom is 0.223 e. The third kappa shape index (κ3) is 4.24. The Balaban J connectivity index is 1.41. The minimum absolute atomic E-state index is 0.226. The van der Waals surface area contributed by atoms with Crippen LogP contribution in [0.5, 0.6) is 0 Å². The smallest absolute Gasteiger partial charge is 0.223 e. The maximum absolute atomic E-state index is 12.4. The van der Waals surface area contributed by atoms with E-state index in [2.05, 4.69) is 21.7 Å². The van der Waals surface area contributed by atoms with Crippen LogP contribution in [-0.4, -0.2) is 77.7 Å². The van der Waals surface area contributed by atoms with Crippen LogP contribution < -0.4 is 4.90 Å². The molecule has 2 aliphatic rings. The molecule has 3 heterocycles. The molecule has 2 aliphatic heterocycles. The van der Waals surface area contributed by atoms with E-state index in [0.29, 0.717) is 18.9 Å². The largest absolute Gasteiger partial charge is 0.392 e. The van der Waals surface area contributed by atoms with Crippen LogP contribution in [0.2, 0.25) is 0 Å². The summed E-state index contributed by atoms with van der Waals surface area (Å²) >= 11 is 0. The standard InChI is InChI=1S/C18H28N4O2/c1-15-5-8-20(14-16(15)23)9-6-18(24)22-12-10-21(11-13-22)17-4-2-3-7-19-17/h2-4,7,15-16,23H,5-6,8-14H2,1H3. The van der Waals surface area contributed by atoms with E-state index in [4.69, 9.17) is 0 Å². The number of piperazine rings is 1. The number of piperidine rings is 1. The fourth-order valence-electron chi connectivity index (χ4n) is 3.46. The molecule has 1 N–H and O–H groups in total. The maximum atomic E-state index is 12.4. The molecule has 0 bridgehead atoms. The number of anilines is 1. The molecular formula is C18H28N4O2. The van der Waals surface area contributed by atoms with Crippen molar-refractivity contribution in [3.8, 4) is 0 Å². The lowest BCUT2D eigenvalue weighted by molar-refractivity contribution is -0.132. The number of β-amino-alcohol motifs (C(OH)–C–C–N with tert-alkyl or cyclic N) is 1. The molecule has 1 aromatic rings. The molecule has 2 unspecified atom stereocenters. The first-order chi connectivity index (χ1) is 11.6. The number of nitrogens with zero attached hydrogens (tertiary/aromatic N) is 4. The average molecular weight is 332 g/mol. The van der Waals surface area contributed by atoms with Crippen LogP contribution in [0.15, 0.2) is 24.4 Å². The van der Waals surface area contributed by atoms with Crippen molar-refractivity contribution < 1.29 is 9.90 Å². The highest BCUT2D eigenvalue weighted by Crippen LogP contribution is 2.17. The van der Waals surface area contributed by atoms with E-state index >= 15 is 0 Å². The number of hydrogen-bond donors (Lipinski definition) is 1. The van der Waals surface area contributed by atoms with Gasteiger partial charge in [0.05, 0.1) is 6.10 Å². The number of likely N-dealkylation sites (tertiary alicyclic amines) is 1. The average Bonchev–Trinajstić information content (AvgIpc) is 2.63. The van der Waals surface area contributed by atoms with Gasteiger partial charge in [-0.2, -0.15) is 0 Å². The second-order valence-electron chi connectivity index (χ2n) is 6.94. The molecule has 132 valence electrons. The highest BCUT2D eigenvalue weighted by atomic mass is 16.3. The molecule has 6 nitrogen and oxygen atoms in total. The summed E-state index contributed by atoms with van der Waals surface area (Å²) in [6.07, 6.45) is 3.11. The SMILES string of the molecule is CC1CCN(CCC(=O)N2CCN(c3ccccn3)CC2)CC1O. The van der Waals surface area contributed by atoms with E-state index in [9.17, 15) is 9.90 Å². The lowest BCUT2D eigenvalue weighted by Gasteiger charge is -2.37. The van der Waals surface area contributed by atoms with Gasteiger partial charge in [0.15, 0.2) is 0 Å². The number of carbonyl (C=O) groups excluding carboxylic acids is 1. The van der Waals surface area contributed by atoms with Crippen LogP contribution >= 0.6 is 0 Å². The number of pyridine rings is 1. The van der Waals surface area contributed by atoms with Crippen molar-refractivity contribution >= 4 is 11.7 Å². The lowest BCUT2D eigenvalue weighted by Crippen LogP contribution is -2.50. The third-order valence-corrected chi connectivity index (χ3v) is 5.25. The Kier molecular flexibility index (Phi) is 5.68. The number of rotatable bonds is 4. The van der Waals surface area contributed by atoms with E-state index in [-0.39, 0.29) is 12.0 Å². The van der Waals surface area contributed by atoms with Gasteiger partial charge in [-0.25, -0.2) is 4.98 Å². The molecule has 2 atom stereocenters. The van der Waals surface area contributed by atoms with Crippen LogP contribution in [0, 0.1) is 5.92 Å². The number of amides is 1. The summed E-state index contributed by atoms with van der Waals surface area (Å²) < 4.78 is 0. The predicted octanol–water partition coefficient (Wildman–Crippen LogP) is 0.823. The first kappa shape index (κ1) is 17.2. The number of aliphatic hydroxyl groups excluding tert-OH is 1. The van der Waals surface area contributed by atoms with E-state index in [1.54, 1.807) is 6.20 Å². The summed E-state index contributed by atoms with van der Waals surface area (Å²) in [7, 11) is 0. The molecule has 0 spiro atoms. The fraction of sp³-hybridized carbons (Fsp3) is 0.667. The Labute approximate surface area is 144 Å².